The standard InChI is InChI=1S/C16H18FN3O3.C4H4O4/c1-11-8-16(12(10-18)9-13(11)17)23-15(2-4-19-5-6-21)14-3-7-22-20-14;5-3(6)1-2-4(7)8/h3,7-9,15,19,21H,2,4-6H2,1H3;1-2H,(H,5,6)(H,7,8)/b;2-1+/t15-;/m1./s1. The molecule has 0 fully saturated rings. The van der Waals surface area contributed by atoms with Gasteiger partial charge in [0.05, 0.1) is 12.2 Å². The normalized spacial score (nSPS) is 11.3. The first-order valence-corrected chi connectivity index (χ1v) is 9.01. The Kier molecular flexibility index (Phi) is 11.0. The number of rotatable bonds is 10. The summed E-state index contributed by atoms with van der Waals surface area (Å²) in [6.45, 7) is 2.72. The molecule has 0 saturated heterocycles. The number of aliphatic hydroxyl groups excluding tert-OH is 1. The highest BCUT2D eigenvalue weighted by Gasteiger charge is 2.19. The van der Waals surface area contributed by atoms with E-state index in [-0.39, 0.29) is 12.2 Å². The molecule has 0 radical (unpaired) electrons. The summed E-state index contributed by atoms with van der Waals surface area (Å²) in [5.41, 5.74) is 1.11. The van der Waals surface area contributed by atoms with Crippen molar-refractivity contribution in [3.05, 3.63) is 59.3 Å². The fraction of sp³-hybridized carbons (Fsp3) is 0.300. The number of aliphatic carboxylic acids is 2. The van der Waals surface area contributed by atoms with Crippen LogP contribution >= 0.6 is 0 Å². The predicted molar refractivity (Wildman–Crippen MR) is 105 cm³/mol. The van der Waals surface area contributed by atoms with Crippen LogP contribution in [0.25, 0.3) is 0 Å². The largest absolute Gasteiger partial charge is 0.483 e. The molecule has 166 valence electrons. The van der Waals surface area contributed by atoms with Gasteiger partial charge in [-0.25, -0.2) is 14.0 Å². The number of halogens is 1. The molecule has 1 atom stereocenters. The van der Waals surface area contributed by atoms with E-state index in [0.717, 1.165) is 6.07 Å². The predicted octanol–water partition coefficient (Wildman–Crippen LogP) is 1.80. The van der Waals surface area contributed by atoms with Gasteiger partial charge in [0.25, 0.3) is 0 Å². The Morgan fingerprint density at radius 1 is 1.32 bits per heavy atom. The maximum atomic E-state index is 13.6. The van der Waals surface area contributed by atoms with Gasteiger partial charge in [-0.05, 0) is 31.2 Å². The third kappa shape index (κ3) is 9.53. The number of aryl methyl sites for hydroxylation is 1. The van der Waals surface area contributed by atoms with Crippen LogP contribution in [0.2, 0.25) is 0 Å². The lowest BCUT2D eigenvalue weighted by Gasteiger charge is -2.18. The Morgan fingerprint density at radius 2 is 2.00 bits per heavy atom. The first-order valence-electron chi connectivity index (χ1n) is 9.01. The minimum absolute atomic E-state index is 0.0468. The van der Waals surface area contributed by atoms with Crippen LogP contribution in [0, 0.1) is 24.1 Å². The maximum absolute atomic E-state index is 13.6. The van der Waals surface area contributed by atoms with Crippen LogP contribution in [-0.4, -0.2) is 52.1 Å². The van der Waals surface area contributed by atoms with Crippen molar-refractivity contribution in [2.24, 2.45) is 0 Å². The zero-order valence-corrected chi connectivity index (χ0v) is 16.6. The van der Waals surface area contributed by atoms with Gasteiger partial charge in [-0.3, -0.25) is 0 Å². The average molecular weight is 435 g/mol. The molecule has 1 aromatic heterocycles. The first kappa shape index (κ1) is 25.3. The van der Waals surface area contributed by atoms with Crippen molar-refractivity contribution < 1.29 is 38.6 Å². The Morgan fingerprint density at radius 3 is 2.52 bits per heavy atom. The zero-order valence-electron chi connectivity index (χ0n) is 16.6. The van der Waals surface area contributed by atoms with Crippen molar-refractivity contribution in [1.82, 2.24) is 10.5 Å². The van der Waals surface area contributed by atoms with Gasteiger partial charge in [-0.2, -0.15) is 5.26 Å². The van der Waals surface area contributed by atoms with E-state index < -0.39 is 23.9 Å². The third-order valence-corrected chi connectivity index (χ3v) is 3.68. The number of hydrogen-bond acceptors (Lipinski definition) is 8. The fourth-order valence-electron chi connectivity index (χ4n) is 2.23. The average Bonchev–Trinajstić information content (AvgIpc) is 3.26. The molecule has 0 unspecified atom stereocenters. The SMILES string of the molecule is Cc1cc(O[C@H](CCNCCO)c2ccon2)c(C#N)cc1F.O=C(O)/C=C/C(=O)O. The van der Waals surface area contributed by atoms with Crippen molar-refractivity contribution >= 4 is 11.9 Å². The summed E-state index contributed by atoms with van der Waals surface area (Å²) in [7, 11) is 0. The molecule has 0 saturated carbocycles. The number of aliphatic hydroxyl groups is 1. The number of nitrogens with zero attached hydrogens (tertiary/aromatic N) is 2. The van der Waals surface area contributed by atoms with Gasteiger partial charge in [0.2, 0.25) is 0 Å². The molecule has 0 amide bonds. The second-order valence-corrected chi connectivity index (χ2v) is 6.01. The number of benzene rings is 1. The zero-order chi connectivity index (χ0) is 23.2. The van der Waals surface area contributed by atoms with Crippen LogP contribution in [0.15, 0.2) is 41.1 Å². The minimum atomic E-state index is -1.26. The van der Waals surface area contributed by atoms with Crippen molar-refractivity contribution in [2.75, 3.05) is 19.7 Å². The summed E-state index contributed by atoms with van der Waals surface area (Å²) in [5.74, 6) is -2.65. The monoisotopic (exact) mass is 435 g/mol. The maximum Gasteiger partial charge on any atom is 0.328 e. The molecule has 0 bridgehead atoms. The number of carboxylic acid groups (broad SMARTS) is 2. The molecule has 2 aromatic rings. The second-order valence-electron chi connectivity index (χ2n) is 6.01. The van der Waals surface area contributed by atoms with E-state index in [9.17, 15) is 14.0 Å². The van der Waals surface area contributed by atoms with Crippen molar-refractivity contribution in [3.8, 4) is 11.8 Å². The summed E-state index contributed by atoms with van der Waals surface area (Å²) in [6, 6.07) is 6.28. The highest BCUT2D eigenvalue weighted by molar-refractivity contribution is 5.89. The Bertz CT molecular complexity index is 908. The highest BCUT2D eigenvalue weighted by Crippen LogP contribution is 2.28. The molecule has 0 aliphatic heterocycles. The second kappa shape index (κ2) is 13.5. The van der Waals surface area contributed by atoms with E-state index in [2.05, 4.69) is 10.5 Å². The molecule has 10 nitrogen and oxygen atoms in total. The van der Waals surface area contributed by atoms with E-state index in [1.165, 1.54) is 12.3 Å². The van der Waals surface area contributed by atoms with Crippen LogP contribution in [-0.2, 0) is 9.59 Å². The number of carbonyl (C=O) groups is 2. The lowest BCUT2D eigenvalue weighted by Crippen LogP contribution is -2.23. The van der Waals surface area contributed by atoms with Gasteiger partial charge in [-0.1, -0.05) is 5.16 Å². The number of nitrogens with one attached hydrogen (secondary N) is 1. The van der Waals surface area contributed by atoms with Gasteiger partial charge in [0.15, 0.2) is 0 Å². The minimum Gasteiger partial charge on any atom is -0.483 e. The summed E-state index contributed by atoms with van der Waals surface area (Å²) in [6.07, 6.45) is 2.66. The lowest BCUT2D eigenvalue weighted by molar-refractivity contribution is -0.134. The van der Waals surface area contributed by atoms with E-state index in [0.29, 0.717) is 48.7 Å². The fourth-order valence-corrected chi connectivity index (χ4v) is 2.23. The number of ether oxygens (including phenoxy) is 1. The van der Waals surface area contributed by atoms with Gasteiger partial charge < -0.3 is 29.9 Å². The number of carboxylic acids is 2. The summed E-state index contributed by atoms with van der Waals surface area (Å²) >= 11 is 0. The quantitative estimate of drug-likeness (QED) is 0.319. The molecule has 1 heterocycles. The Hall–Kier alpha value is -3.75. The van der Waals surface area contributed by atoms with Gasteiger partial charge >= 0.3 is 11.9 Å². The van der Waals surface area contributed by atoms with Crippen molar-refractivity contribution in [1.29, 1.82) is 5.26 Å². The van der Waals surface area contributed by atoms with Gasteiger partial charge in [-0.15, -0.1) is 0 Å². The molecule has 4 N–H and O–H groups in total. The third-order valence-electron chi connectivity index (χ3n) is 3.68. The molecule has 2 rings (SSSR count). The van der Waals surface area contributed by atoms with Crippen LogP contribution < -0.4 is 10.1 Å². The molecule has 31 heavy (non-hydrogen) atoms. The van der Waals surface area contributed by atoms with Crippen molar-refractivity contribution in [3.63, 3.8) is 0 Å². The van der Waals surface area contributed by atoms with E-state index in [1.807, 2.05) is 6.07 Å². The Labute approximate surface area is 177 Å². The smallest absolute Gasteiger partial charge is 0.328 e. The van der Waals surface area contributed by atoms with E-state index in [1.54, 1.807) is 13.0 Å². The summed E-state index contributed by atoms with van der Waals surface area (Å²) in [4.78, 5) is 19.1. The molecule has 11 heteroatoms. The number of nitriles is 1. The first-order chi connectivity index (χ1) is 14.8. The highest BCUT2D eigenvalue weighted by atomic mass is 19.1. The number of aromatic nitrogens is 1. The molecular weight excluding hydrogens is 413 g/mol. The van der Waals surface area contributed by atoms with Crippen molar-refractivity contribution in [2.45, 2.75) is 19.4 Å². The molecule has 0 aliphatic rings. The summed E-state index contributed by atoms with van der Waals surface area (Å²) in [5, 5.41) is 40.5. The Balaban J connectivity index is 0.000000512. The van der Waals surface area contributed by atoms with Gasteiger partial charge in [0, 0.05) is 31.2 Å². The lowest BCUT2D eigenvalue weighted by atomic mass is 10.1. The molecule has 0 aliphatic carbocycles. The number of hydrogen-bond donors (Lipinski definition) is 4. The molecule has 1 aromatic carbocycles. The van der Waals surface area contributed by atoms with Crippen LogP contribution in [0.3, 0.4) is 0 Å². The van der Waals surface area contributed by atoms with Crippen LogP contribution in [0.5, 0.6) is 5.75 Å². The molecular formula is C20H22FN3O7. The van der Waals surface area contributed by atoms with E-state index >= 15 is 0 Å². The van der Waals surface area contributed by atoms with Crippen LogP contribution in [0.4, 0.5) is 4.39 Å². The molecule has 0 spiro atoms. The van der Waals surface area contributed by atoms with E-state index in [4.69, 9.17) is 29.8 Å². The topological polar surface area (TPSA) is 166 Å². The van der Waals surface area contributed by atoms with Crippen LogP contribution in [0.1, 0.15) is 29.3 Å². The van der Waals surface area contributed by atoms with Gasteiger partial charge in [0.1, 0.15) is 35.7 Å². The summed E-state index contributed by atoms with van der Waals surface area (Å²) < 4.78 is 24.3.